The summed E-state index contributed by atoms with van der Waals surface area (Å²) in [7, 11) is 0. The molecule has 0 atom stereocenters. The van der Waals surface area contributed by atoms with Crippen LogP contribution in [-0.2, 0) is 0 Å². The molecule has 0 radical (unpaired) electrons. The molecule has 0 aliphatic carbocycles. The summed E-state index contributed by atoms with van der Waals surface area (Å²) in [5.74, 6) is -11.6. The van der Waals surface area contributed by atoms with Gasteiger partial charge in [0.1, 0.15) is 0 Å². The van der Waals surface area contributed by atoms with Crippen LogP contribution in [0.2, 0.25) is 0 Å². The van der Waals surface area contributed by atoms with Gasteiger partial charge in [0.2, 0.25) is 6.17 Å². The summed E-state index contributed by atoms with van der Waals surface area (Å²) < 4.78 is 105. The van der Waals surface area contributed by atoms with E-state index in [-0.39, 0.29) is 0 Å². The molecule has 0 aliphatic rings. The number of hydrogen-bond acceptors (Lipinski definition) is 0. The van der Waals surface area contributed by atoms with Crippen molar-refractivity contribution in [2.45, 2.75) is 30.9 Å². The second-order valence-electron chi connectivity index (χ2n) is 2.31. The van der Waals surface area contributed by atoms with Gasteiger partial charge in [-0.2, -0.15) is 17.6 Å². The Morgan fingerprint density at radius 3 is 0.929 bits per heavy atom. The van der Waals surface area contributed by atoms with E-state index in [4.69, 9.17) is 0 Å². The molecule has 9 heteroatoms. The molecule has 0 amide bonds. The average molecular weight is 234 g/mol. The number of hydrogen-bond donors (Lipinski definition) is 0. The second-order valence-corrected chi connectivity index (χ2v) is 2.31. The zero-order valence-corrected chi connectivity index (χ0v) is 6.13. The van der Waals surface area contributed by atoms with E-state index in [0.717, 1.165) is 0 Å². The minimum absolute atomic E-state index is 4.78. The van der Waals surface area contributed by atoms with Crippen molar-refractivity contribution < 1.29 is 39.5 Å². The van der Waals surface area contributed by atoms with E-state index in [1.165, 1.54) is 0 Å². The Morgan fingerprint density at radius 2 is 0.786 bits per heavy atom. The van der Waals surface area contributed by atoms with Crippen LogP contribution in [0.25, 0.3) is 0 Å². The standard InChI is InChI=1S/C5H3F9/c6-1(4(11,12)2(7)8)5(13,14)3(9)10/h1-3H. The number of alkyl halides is 9. The fraction of sp³-hybridized carbons (Fsp3) is 1.00. The Balaban J connectivity index is 4.85. The molecule has 0 bridgehead atoms. The van der Waals surface area contributed by atoms with E-state index < -0.39 is 30.9 Å². The van der Waals surface area contributed by atoms with Crippen LogP contribution in [0.5, 0.6) is 0 Å². The van der Waals surface area contributed by atoms with Gasteiger partial charge in [0.15, 0.2) is 0 Å². The first-order valence-corrected chi connectivity index (χ1v) is 3.00. The Hall–Kier alpha value is -0.630. The molecule has 0 fully saturated rings. The van der Waals surface area contributed by atoms with Crippen molar-refractivity contribution in [3.05, 3.63) is 0 Å². The summed E-state index contributed by atoms with van der Waals surface area (Å²) in [5.41, 5.74) is 0. The van der Waals surface area contributed by atoms with Crippen LogP contribution < -0.4 is 0 Å². The zero-order valence-electron chi connectivity index (χ0n) is 6.13. The second kappa shape index (κ2) is 3.85. The molecular weight excluding hydrogens is 231 g/mol. The molecule has 0 heterocycles. The van der Waals surface area contributed by atoms with Gasteiger partial charge in [-0.3, -0.25) is 0 Å². The summed E-state index contributed by atoms with van der Waals surface area (Å²) in [5, 5.41) is 0. The highest BCUT2D eigenvalue weighted by atomic mass is 19.3. The van der Waals surface area contributed by atoms with Gasteiger partial charge in [0, 0.05) is 0 Å². The Labute approximate surface area is 71.7 Å². The average Bonchev–Trinajstić information content (AvgIpc) is 2.02. The van der Waals surface area contributed by atoms with E-state index >= 15 is 0 Å². The Bertz CT molecular complexity index is 166. The fourth-order valence-corrected chi connectivity index (χ4v) is 0.478. The molecule has 0 N–H and O–H groups in total. The largest absolute Gasteiger partial charge is 0.344 e. The fourth-order valence-electron chi connectivity index (χ4n) is 0.478. The quantitative estimate of drug-likeness (QED) is 0.655. The monoisotopic (exact) mass is 234 g/mol. The van der Waals surface area contributed by atoms with Crippen LogP contribution in [0.4, 0.5) is 39.5 Å². The SMILES string of the molecule is FC(F)C(F)(F)C(F)C(F)(F)C(F)F. The van der Waals surface area contributed by atoms with Crippen molar-refractivity contribution in [3.8, 4) is 0 Å². The highest BCUT2D eigenvalue weighted by Crippen LogP contribution is 2.40. The maximum Gasteiger partial charge on any atom is 0.344 e. The van der Waals surface area contributed by atoms with E-state index in [0.29, 0.717) is 0 Å². The van der Waals surface area contributed by atoms with Crippen LogP contribution in [0.15, 0.2) is 0 Å². The lowest BCUT2D eigenvalue weighted by Gasteiger charge is -2.26. The highest BCUT2D eigenvalue weighted by Gasteiger charge is 2.64. The van der Waals surface area contributed by atoms with Crippen molar-refractivity contribution >= 4 is 0 Å². The number of rotatable bonds is 4. The molecule has 0 nitrogen and oxygen atoms in total. The smallest absolute Gasteiger partial charge is 0.234 e. The number of halogens is 9. The van der Waals surface area contributed by atoms with E-state index in [2.05, 4.69) is 0 Å². The molecule has 0 saturated heterocycles. The molecule has 0 unspecified atom stereocenters. The maximum absolute atomic E-state index is 12.0. The lowest BCUT2D eigenvalue weighted by Crippen LogP contribution is -2.51. The van der Waals surface area contributed by atoms with E-state index in [1.54, 1.807) is 0 Å². The van der Waals surface area contributed by atoms with Crippen molar-refractivity contribution in [3.63, 3.8) is 0 Å². The lowest BCUT2D eigenvalue weighted by molar-refractivity contribution is -0.262. The van der Waals surface area contributed by atoms with Crippen molar-refractivity contribution in [2.24, 2.45) is 0 Å². The van der Waals surface area contributed by atoms with Crippen LogP contribution in [-0.4, -0.2) is 30.9 Å². The van der Waals surface area contributed by atoms with Crippen molar-refractivity contribution in [1.82, 2.24) is 0 Å². The van der Waals surface area contributed by atoms with Gasteiger partial charge >= 0.3 is 24.7 Å². The zero-order chi connectivity index (χ0) is 11.7. The van der Waals surface area contributed by atoms with Gasteiger partial charge < -0.3 is 0 Å². The molecule has 0 rings (SSSR count). The summed E-state index contributed by atoms with van der Waals surface area (Å²) >= 11 is 0. The summed E-state index contributed by atoms with van der Waals surface area (Å²) in [6.07, 6.45) is -14.5. The topological polar surface area (TPSA) is 0 Å². The molecule has 0 aliphatic heterocycles. The third-order valence-electron chi connectivity index (χ3n) is 1.26. The minimum Gasteiger partial charge on any atom is -0.234 e. The van der Waals surface area contributed by atoms with Gasteiger partial charge in [0.25, 0.3) is 0 Å². The molecule has 0 saturated carbocycles. The van der Waals surface area contributed by atoms with Gasteiger partial charge in [-0.1, -0.05) is 0 Å². The molecule has 0 aromatic heterocycles. The van der Waals surface area contributed by atoms with Crippen LogP contribution in [0.3, 0.4) is 0 Å². The maximum atomic E-state index is 12.0. The summed E-state index contributed by atoms with van der Waals surface area (Å²) in [4.78, 5) is 0. The molecule has 0 aromatic carbocycles. The summed E-state index contributed by atoms with van der Waals surface area (Å²) in [6, 6.07) is 0. The van der Waals surface area contributed by atoms with Crippen LogP contribution >= 0.6 is 0 Å². The molecule has 86 valence electrons. The Kier molecular flexibility index (Phi) is 3.68. The molecule has 0 aromatic rings. The predicted molar refractivity (Wildman–Crippen MR) is 26.8 cm³/mol. The summed E-state index contributed by atoms with van der Waals surface area (Å²) in [6.45, 7) is 0. The van der Waals surface area contributed by atoms with Gasteiger partial charge in [-0.15, -0.1) is 0 Å². The first kappa shape index (κ1) is 13.4. The molecule has 0 spiro atoms. The van der Waals surface area contributed by atoms with Gasteiger partial charge in [-0.05, 0) is 0 Å². The molecule has 14 heavy (non-hydrogen) atoms. The Morgan fingerprint density at radius 1 is 0.571 bits per heavy atom. The van der Waals surface area contributed by atoms with Gasteiger partial charge in [0.05, 0.1) is 0 Å². The third kappa shape index (κ3) is 2.24. The van der Waals surface area contributed by atoms with Crippen molar-refractivity contribution in [1.29, 1.82) is 0 Å². The highest BCUT2D eigenvalue weighted by molar-refractivity contribution is 4.91. The molecular formula is C5H3F9. The van der Waals surface area contributed by atoms with E-state index in [9.17, 15) is 39.5 Å². The first-order chi connectivity index (χ1) is 6.04. The van der Waals surface area contributed by atoms with E-state index in [1.807, 2.05) is 0 Å². The predicted octanol–water partition coefficient (Wildman–Crippen LogP) is 3.13. The lowest BCUT2D eigenvalue weighted by atomic mass is 10.1. The van der Waals surface area contributed by atoms with Crippen molar-refractivity contribution in [2.75, 3.05) is 0 Å². The van der Waals surface area contributed by atoms with Gasteiger partial charge in [-0.25, -0.2) is 22.0 Å². The normalized spacial score (nSPS) is 14.6. The third-order valence-corrected chi connectivity index (χ3v) is 1.26. The van der Waals surface area contributed by atoms with Crippen LogP contribution in [0.1, 0.15) is 0 Å². The first-order valence-electron chi connectivity index (χ1n) is 3.00. The van der Waals surface area contributed by atoms with Crippen LogP contribution in [0, 0.1) is 0 Å². The minimum atomic E-state index is -5.81.